The molecule has 0 spiro atoms. The second-order valence-electron chi connectivity index (χ2n) is 3.83. The van der Waals surface area contributed by atoms with Crippen LogP contribution in [0.3, 0.4) is 0 Å². The summed E-state index contributed by atoms with van der Waals surface area (Å²) in [5.41, 5.74) is 2.39. The monoisotopic (exact) mass is 228 g/mol. The van der Waals surface area contributed by atoms with Crippen molar-refractivity contribution in [3.63, 3.8) is 0 Å². The second kappa shape index (κ2) is 4.10. The van der Waals surface area contributed by atoms with E-state index in [2.05, 4.69) is 46.0 Å². The molecule has 1 aliphatic heterocycles. The summed E-state index contributed by atoms with van der Waals surface area (Å²) < 4.78 is 0. The lowest BCUT2D eigenvalue weighted by molar-refractivity contribution is 0.670. The van der Waals surface area contributed by atoms with Crippen LogP contribution in [0.5, 0.6) is 0 Å². The molecule has 1 aliphatic rings. The van der Waals surface area contributed by atoms with Crippen LogP contribution >= 0.6 is 11.3 Å². The van der Waals surface area contributed by atoms with Crippen LogP contribution in [0.2, 0.25) is 0 Å². The van der Waals surface area contributed by atoms with Crippen molar-refractivity contribution in [3.8, 4) is 0 Å². The summed E-state index contributed by atoms with van der Waals surface area (Å²) in [6.45, 7) is 0. The Balaban J connectivity index is 1.96. The Labute approximate surface area is 98.7 Å². The number of hydrogen-bond donors (Lipinski definition) is 1. The number of nitrogens with one attached hydrogen (secondary N) is 1. The van der Waals surface area contributed by atoms with Gasteiger partial charge in [0.15, 0.2) is 0 Å². The van der Waals surface area contributed by atoms with Gasteiger partial charge in [-0.25, -0.2) is 4.99 Å². The van der Waals surface area contributed by atoms with E-state index in [1.54, 1.807) is 11.3 Å². The van der Waals surface area contributed by atoms with Crippen molar-refractivity contribution in [3.05, 3.63) is 52.2 Å². The van der Waals surface area contributed by atoms with E-state index in [9.17, 15) is 0 Å². The van der Waals surface area contributed by atoms with Crippen molar-refractivity contribution in [2.45, 2.75) is 12.5 Å². The molecule has 0 aliphatic carbocycles. The third-order valence-corrected chi connectivity index (χ3v) is 3.77. The molecule has 2 nitrogen and oxygen atoms in total. The number of rotatable bonds is 1. The van der Waals surface area contributed by atoms with Gasteiger partial charge in [-0.3, -0.25) is 0 Å². The Bertz CT molecular complexity index is 502. The summed E-state index contributed by atoms with van der Waals surface area (Å²) in [6, 6.07) is 12.9. The standard InChI is InChI=1S/C13H12N2S/c1-2-5-11-10(4-1)8-12(15-9-14-11)13-6-3-7-16-13/h1-7,9,12H,8H2,(H,14,15). The Kier molecular flexibility index (Phi) is 2.46. The van der Waals surface area contributed by atoms with E-state index >= 15 is 0 Å². The highest BCUT2D eigenvalue weighted by molar-refractivity contribution is 7.10. The molecule has 0 bridgehead atoms. The minimum atomic E-state index is 0.354. The first-order valence-electron chi connectivity index (χ1n) is 5.33. The van der Waals surface area contributed by atoms with Gasteiger partial charge in [0.1, 0.15) is 0 Å². The van der Waals surface area contributed by atoms with Crippen LogP contribution in [0.15, 0.2) is 46.8 Å². The Hall–Kier alpha value is -1.61. The average Bonchev–Trinajstić information content (AvgIpc) is 2.75. The van der Waals surface area contributed by atoms with Gasteiger partial charge in [0.25, 0.3) is 0 Å². The van der Waals surface area contributed by atoms with Gasteiger partial charge in [-0.2, -0.15) is 0 Å². The molecule has 1 aromatic heterocycles. The predicted octanol–water partition coefficient (Wildman–Crippen LogP) is 3.29. The van der Waals surface area contributed by atoms with Crippen LogP contribution in [-0.4, -0.2) is 6.34 Å². The van der Waals surface area contributed by atoms with Gasteiger partial charge in [0.05, 0.1) is 18.1 Å². The van der Waals surface area contributed by atoms with Crippen molar-refractivity contribution < 1.29 is 0 Å². The van der Waals surface area contributed by atoms with Gasteiger partial charge in [-0.05, 0) is 29.5 Å². The van der Waals surface area contributed by atoms with Gasteiger partial charge in [0.2, 0.25) is 0 Å². The van der Waals surface area contributed by atoms with E-state index in [4.69, 9.17) is 0 Å². The van der Waals surface area contributed by atoms with Crippen molar-refractivity contribution in [2.75, 3.05) is 0 Å². The molecule has 0 saturated carbocycles. The molecule has 0 radical (unpaired) electrons. The molecule has 2 heterocycles. The highest BCUT2D eigenvalue weighted by atomic mass is 32.1. The maximum atomic E-state index is 4.42. The third-order valence-electron chi connectivity index (χ3n) is 2.78. The topological polar surface area (TPSA) is 24.4 Å². The third kappa shape index (κ3) is 1.74. The molecule has 1 atom stereocenters. The fraction of sp³-hybridized carbons (Fsp3) is 0.154. The van der Waals surface area contributed by atoms with Gasteiger partial charge >= 0.3 is 0 Å². The maximum absolute atomic E-state index is 4.42. The number of hydrogen-bond acceptors (Lipinski definition) is 3. The molecule has 0 fully saturated rings. The quantitative estimate of drug-likeness (QED) is 0.795. The number of aliphatic imine (C=N–C) groups is 1. The summed E-state index contributed by atoms with van der Waals surface area (Å²) in [5, 5.41) is 5.47. The molecule has 1 N–H and O–H groups in total. The van der Waals surface area contributed by atoms with Crippen molar-refractivity contribution >= 4 is 23.4 Å². The van der Waals surface area contributed by atoms with E-state index in [-0.39, 0.29) is 0 Å². The van der Waals surface area contributed by atoms with Gasteiger partial charge < -0.3 is 5.32 Å². The molecule has 3 heteroatoms. The maximum Gasteiger partial charge on any atom is 0.0891 e. The smallest absolute Gasteiger partial charge is 0.0891 e. The van der Waals surface area contributed by atoms with E-state index in [1.807, 2.05) is 12.4 Å². The fourth-order valence-electron chi connectivity index (χ4n) is 1.96. The fourth-order valence-corrected chi connectivity index (χ4v) is 2.74. The highest BCUT2D eigenvalue weighted by Gasteiger charge is 2.15. The Morgan fingerprint density at radius 3 is 3.00 bits per heavy atom. The lowest BCUT2D eigenvalue weighted by Crippen LogP contribution is -2.19. The average molecular weight is 228 g/mol. The Morgan fingerprint density at radius 2 is 2.12 bits per heavy atom. The molecule has 3 rings (SSSR count). The summed E-state index contributed by atoms with van der Waals surface area (Å²) in [5.74, 6) is 0. The minimum absolute atomic E-state index is 0.354. The molecular formula is C13H12N2S. The zero-order chi connectivity index (χ0) is 10.8. The van der Waals surface area contributed by atoms with E-state index in [0.717, 1.165) is 12.1 Å². The SMILES string of the molecule is C1=Nc2ccccc2CC(c2cccs2)N1. The van der Waals surface area contributed by atoms with Crippen molar-refractivity contribution in [1.82, 2.24) is 5.32 Å². The van der Waals surface area contributed by atoms with Crippen molar-refractivity contribution in [2.24, 2.45) is 4.99 Å². The second-order valence-corrected chi connectivity index (χ2v) is 4.80. The normalized spacial score (nSPS) is 18.6. The molecule has 1 aromatic carbocycles. The van der Waals surface area contributed by atoms with Gasteiger partial charge in [-0.15, -0.1) is 11.3 Å². The summed E-state index contributed by atoms with van der Waals surface area (Å²) in [7, 11) is 0. The van der Waals surface area contributed by atoms with Crippen LogP contribution < -0.4 is 5.32 Å². The molecular weight excluding hydrogens is 216 g/mol. The van der Waals surface area contributed by atoms with Crippen LogP contribution in [0.4, 0.5) is 5.69 Å². The van der Waals surface area contributed by atoms with Gasteiger partial charge in [-0.1, -0.05) is 24.3 Å². The Morgan fingerprint density at radius 1 is 1.19 bits per heavy atom. The number of thiophene rings is 1. The molecule has 1 unspecified atom stereocenters. The van der Waals surface area contributed by atoms with E-state index in [1.165, 1.54) is 10.4 Å². The number of benzene rings is 1. The molecule has 0 amide bonds. The van der Waals surface area contributed by atoms with Crippen LogP contribution in [0.1, 0.15) is 16.5 Å². The van der Waals surface area contributed by atoms with Gasteiger partial charge in [0, 0.05) is 4.88 Å². The number of nitrogens with zero attached hydrogens (tertiary/aromatic N) is 1. The van der Waals surface area contributed by atoms with E-state index < -0.39 is 0 Å². The largest absolute Gasteiger partial charge is 0.368 e. The first-order valence-corrected chi connectivity index (χ1v) is 6.21. The van der Waals surface area contributed by atoms with Crippen LogP contribution in [-0.2, 0) is 6.42 Å². The summed E-state index contributed by atoms with van der Waals surface area (Å²) >= 11 is 1.79. The zero-order valence-electron chi connectivity index (χ0n) is 8.76. The van der Waals surface area contributed by atoms with E-state index in [0.29, 0.717) is 6.04 Å². The first-order chi connectivity index (χ1) is 7.93. The number of fused-ring (bicyclic) bond motifs is 1. The molecule has 16 heavy (non-hydrogen) atoms. The highest BCUT2D eigenvalue weighted by Crippen LogP contribution is 2.28. The first kappa shape index (κ1) is 9.60. The summed E-state index contributed by atoms with van der Waals surface area (Å²) in [6.07, 6.45) is 2.81. The lowest BCUT2D eigenvalue weighted by atomic mass is 10.0. The predicted molar refractivity (Wildman–Crippen MR) is 68.5 cm³/mol. The lowest BCUT2D eigenvalue weighted by Gasteiger charge is -2.13. The van der Waals surface area contributed by atoms with Crippen molar-refractivity contribution in [1.29, 1.82) is 0 Å². The zero-order valence-corrected chi connectivity index (χ0v) is 9.58. The van der Waals surface area contributed by atoms with Crippen LogP contribution in [0.25, 0.3) is 0 Å². The molecule has 0 saturated heterocycles. The minimum Gasteiger partial charge on any atom is -0.368 e. The molecule has 80 valence electrons. The molecule has 2 aromatic rings. The van der Waals surface area contributed by atoms with Crippen LogP contribution in [0, 0.1) is 0 Å². The summed E-state index contributed by atoms with van der Waals surface area (Å²) in [4.78, 5) is 5.78. The number of para-hydroxylation sites is 1.